The van der Waals surface area contributed by atoms with E-state index >= 15 is 0 Å². The Morgan fingerprint density at radius 2 is 1.61 bits per heavy atom. The van der Waals surface area contributed by atoms with Crippen molar-refractivity contribution in [3.63, 3.8) is 0 Å². The Morgan fingerprint density at radius 3 is 2.23 bits per heavy atom. The molecule has 3 aromatic rings. The third-order valence-corrected chi connectivity index (χ3v) is 5.06. The van der Waals surface area contributed by atoms with E-state index in [4.69, 9.17) is 4.74 Å². The standard InChI is InChI=1S/C22H21F3N4O2/c1-15-2-6-18(7-3-15)29-20(22(23,24)25)19(14-26-29)21(30)27-16-4-8-17(9-5-16)28-10-12-31-13-11-28/h2-9,14H,10-13H2,1H3,(H,27,30). The van der Waals surface area contributed by atoms with Gasteiger partial charge in [0.2, 0.25) is 0 Å². The Hall–Kier alpha value is -3.33. The number of nitrogens with zero attached hydrogens (tertiary/aromatic N) is 3. The first-order chi connectivity index (χ1) is 14.8. The van der Waals surface area contributed by atoms with Gasteiger partial charge in [0, 0.05) is 24.5 Å². The molecule has 1 aliphatic rings. The van der Waals surface area contributed by atoms with E-state index in [1.807, 2.05) is 19.1 Å². The molecule has 0 spiro atoms. The number of amides is 1. The summed E-state index contributed by atoms with van der Waals surface area (Å²) in [7, 11) is 0. The molecule has 1 saturated heterocycles. The van der Waals surface area contributed by atoms with E-state index in [0.717, 1.165) is 35.2 Å². The van der Waals surface area contributed by atoms with Crippen LogP contribution in [0.3, 0.4) is 0 Å². The van der Waals surface area contributed by atoms with Gasteiger partial charge in [0.05, 0.1) is 30.7 Å². The van der Waals surface area contributed by atoms with Gasteiger partial charge in [0.15, 0.2) is 5.69 Å². The molecule has 6 nitrogen and oxygen atoms in total. The van der Waals surface area contributed by atoms with Gasteiger partial charge >= 0.3 is 6.18 Å². The number of carbonyl (C=O) groups is 1. The third-order valence-electron chi connectivity index (χ3n) is 5.06. The molecule has 0 unspecified atom stereocenters. The normalized spacial score (nSPS) is 14.5. The van der Waals surface area contributed by atoms with Gasteiger partial charge in [-0.3, -0.25) is 4.79 Å². The first-order valence-corrected chi connectivity index (χ1v) is 9.79. The molecule has 1 fully saturated rings. The molecule has 1 aromatic heterocycles. The topological polar surface area (TPSA) is 59.4 Å². The number of aryl methyl sites for hydroxylation is 1. The van der Waals surface area contributed by atoms with Gasteiger partial charge in [-0.1, -0.05) is 17.7 Å². The molecule has 0 radical (unpaired) electrons. The number of alkyl halides is 3. The number of rotatable bonds is 4. The first-order valence-electron chi connectivity index (χ1n) is 9.79. The molecule has 162 valence electrons. The number of anilines is 2. The van der Waals surface area contributed by atoms with Crippen molar-refractivity contribution < 1.29 is 22.7 Å². The van der Waals surface area contributed by atoms with Crippen molar-refractivity contribution in [1.29, 1.82) is 0 Å². The lowest BCUT2D eigenvalue weighted by atomic mass is 10.2. The Kier molecular flexibility index (Phi) is 5.69. The molecule has 2 heterocycles. The van der Waals surface area contributed by atoms with E-state index in [-0.39, 0.29) is 5.69 Å². The highest BCUT2D eigenvalue weighted by Gasteiger charge is 2.40. The molecule has 0 bridgehead atoms. The summed E-state index contributed by atoms with van der Waals surface area (Å²) in [6, 6.07) is 13.4. The molecule has 2 aromatic carbocycles. The van der Waals surface area contributed by atoms with Crippen molar-refractivity contribution in [3.05, 3.63) is 71.5 Å². The number of benzene rings is 2. The lowest BCUT2D eigenvalue weighted by Crippen LogP contribution is -2.36. The summed E-state index contributed by atoms with van der Waals surface area (Å²) >= 11 is 0. The summed E-state index contributed by atoms with van der Waals surface area (Å²) in [5, 5.41) is 6.38. The highest BCUT2D eigenvalue weighted by molar-refractivity contribution is 6.05. The highest BCUT2D eigenvalue weighted by atomic mass is 19.4. The molecule has 1 N–H and O–H groups in total. The van der Waals surface area contributed by atoms with Crippen LogP contribution in [0.4, 0.5) is 24.5 Å². The lowest BCUT2D eigenvalue weighted by Gasteiger charge is -2.28. The van der Waals surface area contributed by atoms with Gasteiger partial charge in [-0.15, -0.1) is 0 Å². The molecule has 4 rings (SSSR count). The molecule has 9 heteroatoms. The van der Waals surface area contributed by atoms with Gasteiger partial charge in [0.1, 0.15) is 0 Å². The maximum absolute atomic E-state index is 13.8. The van der Waals surface area contributed by atoms with Crippen LogP contribution in [0.25, 0.3) is 5.69 Å². The summed E-state index contributed by atoms with van der Waals surface area (Å²) in [5.74, 6) is -0.871. The predicted molar refractivity (Wildman–Crippen MR) is 111 cm³/mol. The number of carbonyl (C=O) groups excluding carboxylic acids is 1. The first kappa shape index (κ1) is 20.9. The fraction of sp³-hybridized carbons (Fsp3) is 0.273. The van der Waals surface area contributed by atoms with E-state index < -0.39 is 23.3 Å². The van der Waals surface area contributed by atoms with Gasteiger partial charge in [-0.05, 0) is 43.3 Å². The molecule has 0 saturated carbocycles. The second-order valence-corrected chi connectivity index (χ2v) is 7.25. The quantitative estimate of drug-likeness (QED) is 0.671. The zero-order chi connectivity index (χ0) is 22.0. The van der Waals surface area contributed by atoms with Crippen molar-refractivity contribution in [2.75, 3.05) is 36.5 Å². The van der Waals surface area contributed by atoms with Crippen LogP contribution < -0.4 is 10.2 Å². The van der Waals surface area contributed by atoms with Crippen molar-refractivity contribution >= 4 is 17.3 Å². The summed E-state index contributed by atoms with van der Waals surface area (Å²) in [5.41, 5.74) is 0.849. The van der Waals surface area contributed by atoms with Crippen molar-refractivity contribution in [3.8, 4) is 5.69 Å². The summed E-state index contributed by atoms with van der Waals surface area (Å²) in [6.45, 7) is 4.64. The fourth-order valence-electron chi connectivity index (χ4n) is 3.44. The number of hydrogen-bond donors (Lipinski definition) is 1. The number of aromatic nitrogens is 2. The Morgan fingerprint density at radius 1 is 1.00 bits per heavy atom. The summed E-state index contributed by atoms with van der Waals surface area (Å²) < 4.78 is 47.5. The number of nitrogens with one attached hydrogen (secondary N) is 1. The minimum Gasteiger partial charge on any atom is -0.378 e. The van der Waals surface area contributed by atoms with Crippen molar-refractivity contribution in [1.82, 2.24) is 9.78 Å². The van der Waals surface area contributed by atoms with Crippen LogP contribution in [0.5, 0.6) is 0 Å². The average Bonchev–Trinajstić information content (AvgIpc) is 3.21. The summed E-state index contributed by atoms with van der Waals surface area (Å²) in [6.07, 6.45) is -3.81. The monoisotopic (exact) mass is 430 g/mol. The van der Waals surface area contributed by atoms with Crippen LogP contribution in [0.2, 0.25) is 0 Å². The second-order valence-electron chi connectivity index (χ2n) is 7.25. The minimum atomic E-state index is -4.76. The van der Waals surface area contributed by atoms with Crippen LogP contribution in [-0.4, -0.2) is 42.0 Å². The van der Waals surface area contributed by atoms with Gasteiger partial charge in [-0.25, -0.2) is 4.68 Å². The number of ether oxygens (including phenoxy) is 1. The minimum absolute atomic E-state index is 0.229. The molecular formula is C22H21F3N4O2. The van der Waals surface area contributed by atoms with Crippen LogP contribution in [0.15, 0.2) is 54.7 Å². The Balaban J connectivity index is 1.57. The second kappa shape index (κ2) is 8.43. The maximum Gasteiger partial charge on any atom is 0.434 e. The van der Waals surface area contributed by atoms with Crippen LogP contribution in [0, 0.1) is 6.92 Å². The molecule has 1 amide bonds. The zero-order valence-corrected chi connectivity index (χ0v) is 16.8. The number of hydrogen-bond acceptors (Lipinski definition) is 4. The smallest absolute Gasteiger partial charge is 0.378 e. The molecule has 31 heavy (non-hydrogen) atoms. The molecule has 0 atom stereocenters. The fourth-order valence-corrected chi connectivity index (χ4v) is 3.44. The van der Waals surface area contributed by atoms with Crippen LogP contribution in [-0.2, 0) is 10.9 Å². The molecule has 1 aliphatic heterocycles. The SMILES string of the molecule is Cc1ccc(-n2ncc(C(=O)Nc3ccc(N4CCOCC4)cc3)c2C(F)(F)F)cc1. The largest absolute Gasteiger partial charge is 0.434 e. The van der Waals surface area contributed by atoms with Gasteiger partial charge in [0.25, 0.3) is 5.91 Å². The van der Waals surface area contributed by atoms with E-state index in [2.05, 4.69) is 15.3 Å². The Bertz CT molecular complexity index is 1050. The maximum atomic E-state index is 13.8. The number of halogens is 3. The zero-order valence-electron chi connectivity index (χ0n) is 16.8. The van der Waals surface area contributed by atoms with Crippen molar-refractivity contribution in [2.24, 2.45) is 0 Å². The van der Waals surface area contributed by atoms with Crippen LogP contribution >= 0.6 is 0 Å². The average molecular weight is 430 g/mol. The van der Waals surface area contributed by atoms with E-state index in [1.54, 1.807) is 24.3 Å². The number of morpholine rings is 1. The Labute approximate surface area is 177 Å². The lowest BCUT2D eigenvalue weighted by molar-refractivity contribution is -0.143. The van der Waals surface area contributed by atoms with E-state index in [1.165, 1.54) is 12.1 Å². The third kappa shape index (κ3) is 4.56. The molecular weight excluding hydrogens is 409 g/mol. The van der Waals surface area contributed by atoms with E-state index in [9.17, 15) is 18.0 Å². The molecule has 0 aliphatic carbocycles. The highest BCUT2D eigenvalue weighted by Crippen LogP contribution is 2.34. The van der Waals surface area contributed by atoms with E-state index in [0.29, 0.717) is 18.9 Å². The summed E-state index contributed by atoms with van der Waals surface area (Å²) in [4.78, 5) is 14.8. The predicted octanol–water partition coefficient (Wildman–Crippen LogP) is 4.29. The van der Waals surface area contributed by atoms with Gasteiger partial charge in [-0.2, -0.15) is 18.3 Å². The van der Waals surface area contributed by atoms with Crippen molar-refractivity contribution in [2.45, 2.75) is 13.1 Å². The van der Waals surface area contributed by atoms with Crippen LogP contribution in [0.1, 0.15) is 21.6 Å². The van der Waals surface area contributed by atoms with Gasteiger partial charge < -0.3 is 15.0 Å².